The van der Waals surface area contributed by atoms with Crippen molar-refractivity contribution in [2.75, 3.05) is 7.11 Å². The van der Waals surface area contributed by atoms with E-state index in [0.29, 0.717) is 18.1 Å². The lowest BCUT2D eigenvalue weighted by Crippen LogP contribution is -2.15. The van der Waals surface area contributed by atoms with Crippen LogP contribution >= 0.6 is 0 Å². The van der Waals surface area contributed by atoms with E-state index in [1.165, 1.54) is 0 Å². The molecule has 1 N–H and O–H groups in total. The van der Waals surface area contributed by atoms with Crippen LogP contribution in [-0.4, -0.2) is 18.2 Å². The minimum absolute atomic E-state index is 0.334. The molecule has 3 nitrogen and oxygen atoms in total. The highest BCUT2D eigenvalue weighted by Crippen LogP contribution is 2.32. The standard InChI is InChI=1S/C15H22O3/c1-5-11-6-7-14(18-4)12(9-11)13(15(16)17)8-10(2)3/h6-7,9-10,13H,5,8H2,1-4H3,(H,16,17). The zero-order chi connectivity index (χ0) is 13.7. The number of methoxy groups -OCH3 is 1. The number of aryl methyl sites for hydroxylation is 1. The first kappa shape index (κ1) is 14.6. The van der Waals surface area contributed by atoms with E-state index in [2.05, 4.69) is 6.92 Å². The van der Waals surface area contributed by atoms with Crippen LogP contribution in [0.2, 0.25) is 0 Å². The number of ether oxygens (including phenoxy) is 1. The number of aliphatic carboxylic acids is 1. The molecule has 1 unspecified atom stereocenters. The molecule has 0 aromatic heterocycles. The Labute approximate surface area is 109 Å². The summed E-state index contributed by atoms with van der Waals surface area (Å²) in [5.74, 6) is -0.275. The topological polar surface area (TPSA) is 46.5 Å². The van der Waals surface area contributed by atoms with E-state index in [0.717, 1.165) is 17.5 Å². The predicted molar refractivity (Wildman–Crippen MR) is 72.2 cm³/mol. The molecule has 1 rings (SSSR count). The van der Waals surface area contributed by atoms with Gasteiger partial charge in [0.15, 0.2) is 0 Å². The fraction of sp³-hybridized carbons (Fsp3) is 0.533. The Hall–Kier alpha value is -1.51. The monoisotopic (exact) mass is 250 g/mol. The third-order valence-corrected chi connectivity index (χ3v) is 3.08. The van der Waals surface area contributed by atoms with Crippen LogP contribution in [-0.2, 0) is 11.2 Å². The summed E-state index contributed by atoms with van der Waals surface area (Å²) in [6, 6.07) is 5.81. The largest absolute Gasteiger partial charge is 0.496 e. The summed E-state index contributed by atoms with van der Waals surface area (Å²) in [5.41, 5.74) is 1.93. The van der Waals surface area contributed by atoms with Gasteiger partial charge in [0.05, 0.1) is 13.0 Å². The first-order valence-corrected chi connectivity index (χ1v) is 6.39. The van der Waals surface area contributed by atoms with Crippen LogP contribution in [0, 0.1) is 5.92 Å². The van der Waals surface area contributed by atoms with Crippen LogP contribution in [0.5, 0.6) is 5.75 Å². The maximum atomic E-state index is 11.4. The van der Waals surface area contributed by atoms with Crippen molar-refractivity contribution in [3.8, 4) is 5.75 Å². The smallest absolute Gasteiger partial charge is 0.311 e. The summed E-state index contributed by atoms with van der Waals surface area (Å²) < 4.78 is 5.29. The number of hydrogen-bond acceptors (Lipinski definition) is 2. The highest BCUT2D eigenvalue weighted by atomic mass is 16.5. The van der Waals surface area contributed by atoms with Crippen LogP contribution in [0.15, 0.2) is 18.2 Å². The van der Waals surface area contributed by atoms with Crippen LogP contribution in [0.25, 0.3) is 0 Å². The second-order valence-electron chi connectivity index (χ2n) is 4.95. The van der Waals surface area contributed by atoms with Crippen molar-refractivity contribution in [1.82, 2.24) is 0 Å². The molecule has 0 fully saturated rings. The third kappa shape index (κ3) is 3.49. The van der Waals surface area contributed by atoms with Gasteiger partial charge in [-0.1, -0.05) is 32.9 Å². The van der Waals surface area contributed by atoms with E-state index in [-0.39, 0.29) is 0 Å². The number of rotatable bonds is 6. The number of benzene rings is 1. The molecule has 1 aromatic carbocycles. The minimum atomic E-state index is -0.782. The number of carboxylic acid groups (broad SMARTS) is 1. The van der Waals surface area contributed by atoms with Crippen molar-refractivity contribution in [2.45, 2.75) is 39.5 Å². The van der Waals surface area contributed by atoms with Gasteiger partial charge in [0.1, 0.15) is 5.75 Å². The quantitative estimate of drug-likeness (QED) is 0.840. The fourth-order valence-electron chi connectivity index (χ4n) is 2.11. The van der Waals surface area contributed by atoms with E-state index in [1.807, 2.05) is 32.0 Å². The van der Waals surface area contributed by atoms with Gasteiger partial charge in [-0.25, -0.2) is 0 Å². The molecule has 1 atom stereocenters. The van der Waals surface area contributed by atoms with E-state index in [4.69, 9.17) is 4.74 Å². The third-order valence-electron chi connectivity index (χ3n) is 3.08. The molecule has 100 valence electrons. The van der Waals surface area contributed by atoms with Crippen LogP contribution in [0.3, 0.4) is 0 Å². The highest BCUT2D eigenvalue weighted by molar-refractivity contribution is 5.77. The fourth-order valence-corrected chi connectivity index (χ4v) is 2.11. The molecular formula is C15H22O3. The molecule has 18 heavy (non-hydrogen) atoms. The van der Waals surface area contributed by atoms with Gasteiger partial charge in [-0.05, 0) is 30.4 Å². The van der Waals surface area contributed by atoms with Crippen molar-refractivity contribution in [3.05, 3.63) is 29.3 Å². The first-order chi connectivity index (χ1) is 8.49. The SMILES string of the molecule is CCc1ccc(OC)c(C(CC(C)C)C(=O)O)c1. The molecule has 0 aliphatic carbocycles. The van der Waals surface area contributed by atoms with Gasteiger partial charge in [0.2, 0.25) is 0 Å². The van der Waals surface area contributed by atoms with Crippen molar-refractivity contribution in [1.29, 1.82) is 0 Å². The molecule has 0 saturated heterocycles. The Morgan fingerprint density at radius 2 is 2.06 bits per heavy atom. The van der Waals surface area contributed by atoms with Crippen LogP contribution < -0.4 is 4.74 Å². The highest BCUT2D eigenvalue weighted by Gasteiger charge is 2.24. The molecule has 0 bridgehead atoms. The second-order valence-corrected chi connectivity index (χ2v) is 4.95. The first-order valence-electron chi connectivity index (χ1n) is 6.39. The van der Waals surface area contributed by atoms with Gasteiger partial charge < -0.3 is 9.84 Å². The predicted octanol–water partition coefficient (Wildman–Crippen LogP) is 3.47. The van der Waals surface area contributed by atoms with Crippen LogP contribution in [0.1, 0.15) is 44.2 Å². The Morgan fingerprint density at radius 1 is 1.39 bits per heavy atom. The van der Waals surface area contributed by atoms with Gasteiger partial charge in [0, 0.05) is 5.56 Å². The van der Waals surface area contributed by atoms with E-state index >= 15 is 0 Å². The lowest BCUT2D eigenvalue weighted by atomic mass is 9.88. The number of carbonyl (C=O) groups is 1. The minimum Gasteiger partial charge on any atom is -0.496 e. The van der Waals surface area contributed by atoms with Crippen LogP contribution in [0.4, 0.5) is 0 Å². The summed E-state index contributed by atoms with van der Waals surface area (Å²) in [5, 5.41) is 9.40. The molecule has 0 heterocycles. The maximum Gasteiger partial charge on any atom is 0.311 e. The van der Waals surface area contributed by atoms with E-state index in [9.17, 15) is 9.90 Å². The summed E-state index contributed by atoms with van der Waals surface area (Å²) in [6.45, 7) is 6.13. The molecule has 0 aliphatic rings. The average Bonchev–Trinajstić information content (AvgIpc) is 2.34. The summed E-state index contributed by atoms with van der Waals surface area (Å²) in [6.07, 6.45) is 1.52. The van der Waals surface area contributed by atoms with Crippen molar-refractivity contribution < 1.29 is 14.6 Å². The normalized spacial score (nSPS) is 12.5. The molecule has 0 saturated carbocycles. The molecule has 3 heteroatoms. The lowest BCUT2D eigenvalue weighted by Gasteiger charge is -2.18. The molecule has 0 spiro atoms. The molecule has 0 amide bonds. The summed E-state index contributed by atoms with van der Waals surface area (Å²) in [7, 11) is 1.58. The van der Waals surface area contributed by atoms with Crippen molar-refractivity contribution in [2.24, 2.45) is 5.92 Å². The summed E-state index contributed by atoms with van der Waals surface area (Å²) >= 11 is 0. The Morgan fingerprint density at radius 3 is 2.50 bits per heavy atom. The van der Waals surface area contributed by atoms with Gasteiger partial charge in [-0.15, -0.1) is 0 Å². The van der Waals surface area contributed by atoms with Gasteiger partial charge in [-0.2, -0.15) is 0 Å². The second kappa shape index (κ2) is 6.43. The Bertz CT molecular complexity index is 410. The molecular weight excluding hydrogens is 228 g/mol. The number of carboxylic acids is 1. The Kier molecular flexibility index (Phi) is 5.20. The zero-order valence-corrected chi connectivity index (χ0v) is 11.6. The molecule has 1 aromatic rings. The van der Waals surface area contributed by atoms with Crippen molar-refractivity contribution in [3.63, 3.8) is 0 Å². The van der Waals surface area contributed by atoms with Gasteiger partial charge in [-0.3, -0.25) is 4.79 Å². The van der Waals surface area contributed by atoms with Crippen molar-refractivity contribution >= 4 is 5.97 Å². The van der Waals surface area contributed by atoms with E-state index < -0.39 is 11.9 Å². The molecule has 0 aliphatic heterocycles. The Balaban J connectivity index is 3.19. The molecule has 0 radical (unpaired) electrons. The van der Waals surface area contributed by atoms with E-state index in [1.54, 1.807) is 7.11 Å². The van der Waals surface area contributed by atoms with Gasteiger partial charge >= 0.3 is 5.97 Å². The zero-order valence-electron chi connectivity index (χ0n) is 11.6. The average molecular weight is 250 g/mol. The van der Waals surface area contributed by atoms with Gasteiger partial charge in [0.25, 0.3) is 0 Å². The maximum absolute atomic E-state index is 11.4. The number of hydrogen-bond donors (Lipinski definition) is 1. The summed E-state index contributed by atoms with van der Waals surface area (Å²) in [4.78, 5) is 11.4. The lowest BCUT2D eigenvalue weighted by molar-refractivity contribution is -0.139.